The summed E-state index contributed by atoms with van der Waals surface area (Å²) in [7, 11) is -2.73. The molecule has 1 aromatic carbocycles. The lowest BCUT2D eigenvalue weighted by molar-refractivity contribution is -0.126. The molecule has 35 heavy (non-hydrogen) atoms. The van der Waals surface area contributed by atoms with E-state index in [-0.39, 0.29) is 29.7 Å². The van der Waals surface area contributed by atoms with Gasteiger partial charge in [0, 0.05) is 30.6 Å². The summed E-state index contributed by atoms with van der Waals surface area (Å²) in [6, 6.07) is 6.70. The molecule has 0 radical (unpaired) electrons. The van der Waals surface area contributed by atoms with Crippen LogP contribution in [0, 0.1) is 12.7 Å². The van der Waals surface area contributed by atoms with Gasteiger partial charge in [-0.2, -0.15) is 0 Å². The maximum Gasteiger partial charge on any atom is 0.245 e. The molecule has 9 nitrogen and oxygen atoms in total. The van der Waals surface area contributed by atoms with E-state index < -0.39 is 38.5 Å². The third-order valence-corrected chi connectivity index (χ3v) is 8.58. The fourth-order valence-electron chi connectivity index (χ4n) is 3.44. The molecule has 1 aliphatic rings. The zero-order chi connectivity index (χ0) is 25.2. The Bertz CT molecular complexity index is 1350. The number of benzene rings is 1. The van der Waals surface area contributed by atoms with Crippen LogP contribution in [-0.2, 0) is 24.2 Å². The van der Waals surface area contributed by atoms with E-state index >= 15 is 0 Å². The summed E-state index contributed by atoms with van der Waals surface area (Å²) in [5.74, 6) is -2.37. The van der Waals surface area contributed by atoms with Crippen molar-refractivity contribution in [1.29, 1.82) is 0 Å². The number of hydrogen-bond donors (Lipinski definition) is 2. The molecule has 1 aliphatic carbocycles. The van der Waals surface area contributed by atoms with Crippen molar-refractivity contribution in [2.75, 3.05) is 26.0 Å². The quantitative estimate of drug-likeness (QED) is 0.420. The first-order valence-corrected chi connectivity index (χ1v) is 13.5. The topological polar surface area (TPSA) is 127 Å². The number of rotatable bonds is 10. The van der Waals surface area contributed by atoms with Crippen molar-refractivity contribution < 1.29 is 27.1 Å². The molecular weight excluding hydrogens is 495 g/mol. The summed E-state index contributed by atoms with van der Waals surface area (Å²) < 4.78 is 46.4. The lowest BCUT2D eigenvalue weighted by Crippen LogP contribution is -2.42. The molecule has 3 aromatic rings. The second kappa shape index (κ2) is 10.3. The molecule has 0 aliphatic heterocycles. The second-order valence-electron chi connectivity index (χ2n) is 8.34. The highest BCUT2D eigenvalue weighted by Crippen LogP contribution is 2.35. The van der Waals surface area contributed by atoms with Crippen LogP contribution in [-0.4, -0.2) is 62.3 Å². The van der Waals surface area contributed by atoms with Crippen LogP contribution in [0.15, 0.2) is 30.5 Å². The fourth-order valence-corrected chi connectivity index (χ4v) is 6.43. The molecule has 12 heteroatoms. The first kappa shape index (κ1) is 25.1. The Morgan fingerprint density at radius 2 is 2.03 bits per heavy atom. The van der Waals surface area contributed by atoms with E-state index in [1.54, 1.807) is 18.3 Å². The number of pyridine rings is 1. The van der Waals surface area contributed by atoms with Crippen molar-refractivity contribution in [3.05, 3.63) is 47.0 Å². The van der Waals surface area contributed by atoms with Crippen LogP contribution in [0.1, 0.15) is 28.8 Å². The van der Waals surface area contributed by atoms with E-state index in [1.807, 2.05) is 13.0 Å². The van der Waals surface area contributed by atoms with E-state index in [0.717, 1.165) is 29.9 Å². The van der Waals surface area contributed by atoms with Crippen molar-refractivity contribution in [2.24, 2.45) is 0 Å². The molecule has 1 fully saturated rings. The molecule has 0 saturated heterocycles. The summed E-state index contributed by atoms with van der Waals surface area (Å²) in [6.45, 7) is 1.35. The average molecular weight is 521 g/mol. The van der Waals surface area contributed by atoms with Crippen LogP contribution in [0.2, 0.25) is 0 Å². The normalized spacial score (nSPS) is 14.6. The summed E-state index contributed by atoms with van der Waals surface area (Å²) in [4.78, 5) is 33.4. The van der Waals surface area contributed by atoms with Gasteiger partial charge in [-0.05, 0) is 43.5 Å². The van der Waals surface area contributed by atoms with E-state index in [9.17, 15) is 22.4 Å². The largest absolute Gasteiger partial charge is 0.384 e. The molecule has 2 heterocycles. The predicted molar refractivity (Wildman–Crippen MR) is 130 cm³/mol. The Hall–Kier alpha value is -2.96. The standard InChI is InChI=1S/C23H25FN4O5S2/c1-13-3-4-14(11-25-13)15-9-17(24)20-18(10-15)34-23(28-20)21(35(31,32)8-7-33-2)22(30)26-12-19(29)27-16-5-6-16/h3-4,9-11,16,21H,5-8,12H2,1-2H3,(H,26,30)(H,27,29). The number of methoxy groups -OCH3 is 1. The molecule has 0 spiro atoms. The molecule has 2 aromatic heterocycles. The Balaban J connectivity index is 1.67. The number of hydrogen-bond acceptors (Lipinski definition) is 8. The van der Waals surface area contributed by atoms with Crippen LogP contribution < -0.4 is 10.6 Å². The van der Waals surface area contributed by atoms with Gasteiger partial charge in [-0.25, -0.2) is 17.8 Å². The van der Waals surface area contributed by atoms with Crippen molar-refractivity contribution >= 4 is 43.2 Å². The van der Waals surface area contributed by atoms with Gasteiger partial charge in [0.1, 0.15) is 10.5 Å². The number of nitrogens with zero attached hydrogens (tertiary/aromatic N) is 2. The maximum absolute atomic E-state index is 15.0. The van der Waals surface area contributed by atoms with Gasteiger partial charge in [0.25, 0.3) is 0 Å². The van der Waals surface area contributed by atoms with E-state index in [0.29, 0.717) is 15.8 Å². The SMILES string of the molecule is COCCS(=O)(=O)C(C(=O)NCC(=O)NC1CC1)c1nc2c(F)cc(-c3ccc(C)nc3)cc2s1. The molecule has 1 unspecified atom stereocenters. The second-order valence-corrected chi connectivity index (χ2v) is 11.6. The number of aromatic nitrogens is 2. The first-order chi connectivity index (χ1) is 16.7. The summed E-state index contributed by atoms with van der Waals surface area (Å²) in [5, 5.41) is 3.34. The highest BCUT2D eigenvalue weighted by atomic mass is 32.2. The minimum absolute atomic E-state index is 0.0277. The average Bonchev–Trinajstić information content (AvgIpc) is 3.52. The molecule has 0 bridgehead atoms. The molecule has 186 valence electrons. The number of fused-ring (bicyclic) bond motifs is 1. The number of amides is 2. The van der Waals surface area contributed by atoms with E-state index in [2.05, 4.69) is 20.6 Å². The minimum Gasteiger partial charge on any atom is -0.384 e. The zero-order valence-electron chi connectivity index (χ0n) is 19.2. The van der Waals surface area contributed by atoms with Crippen LogP contribution in [0.3, 0.4) is 0 Å². The number of carbonyl (C=O) groups excluding carboxylic acids is 2. The van der Waals surface area contributed by atoms with Gasteiger partial charge in [0.05, 0.1) is 23.6 Å². The number of sulfone groups is 1. The molecule has 2 N–H and O–H groups in total. The van der Waals surface area contributed by atoms with Gasteiger partial charge in [0.15, 0.2) is 20.9 Å². The van der Waals surface area contributed by atoms with Gasteiger partial charge >= 0.3 is 0 Å². The predicted octanol–water partition coefficient (Wildman–Crippen LogP) is 2.30. The van der Waals surface area contributed by atoms with Gasteiger partial charge in [-0.3, -0.25) is 14.6 Å². The number of aryl methyl sites for hydroxylation is 1. The van der Waals surface area contributed by atoms with Crippen molar-refractivity contribution in [2.45, 2.75) is 31.1 Å². The van der Waals surface area contributed by atoms with Crippen molar-refractivity contribution in [3.8, 4) is 11.1 Å². The minimum atomic E-state index is -4.08. The molecule has 1 atom stereocenters. The number of nitrogens with one attached hydrogen (secondary N) is 2. The molecule has 4 rings (SSSR count). The van der Waals surface area contributed by atoms with E-state index in [1.165, 1.54) is 13.2 Å². The van der Waals surface area contributed by atoms with Gasteiger partial charge in [-0.15, -0.1) is 11.3 Å². The van der Waals surface area contributed by atoms with Crippen molar-refractivity contribution in [3.63, 3.8) is 0 Å². The third-order valence-electron chi connectivity index (χ3n) is 5.47. The van der Waals surface area contributed by atoms with E-state index in [4.69, 9.17) is 4.74 Å². The Labute approximate surface area is 206 Å². The number of thiazole rings is 1. The van der Waals surface area contributed by atoms with Crippen LogP contribution >= 0.6 is 11.3 Å². The summed E-state index contributed by atoms with van der Waals surface area (Å²) in [6.07, 6.45) is 3.38. The van der Waals surface area contributed by atoms with Crippen LogP contribution in [0.25, 0.3) is 21.3 Å². The zero-order valence-corrected chi connectivity index (χ0v) is 20.8. The summed E-state index contributed by atoms with van der Waals surface area (Å²) >= 11 is 0.922. The Morgan fingerprint density at radius 1 is 1.26 bits per heavy atom. The first-order valence-electron chi connectivity index (χ1n) is 11.0. The molecular formula is C23H25FN4O5S2. The van der Waals surface area contributed by atoms with Crippen molar-refractivity contribution in [1.82, 2.24) is 20.6 Å². The van der Waals surface area contributed by atoms with Crippen LogP contribution in [0.5, 0.6) is 0 Å². The Kier molecular flexibility index (Phi) is 7.43. The number of ether oxygens (including phenoxy) is 1. The lowest BCUT2D eigenvalue weighted by Gasteiger charge is -2.15. The monoisotopic (exact) mass is 520 g/mol. The summed E-state index contributed by atoms with van der Waals surface area (Å²) in [5.41, 5.74) is 2.03. The van der Waals surface area contributed by atoms with Crippen LogP contribution in [0.4, 0.5) is 4.39 Å². The van der Waals surface area contributed by atoms with Gasteiger partial charge < -0.3 is 15.4 Å². The van der Waals surface area contributed by atoms with Gasteiger partial charge in [0.2, 0.25) is 11.8 Å². The highest BCUT2D eigenvalue weighted by Gasteiger charge is 2.37. The number of carbonyl (C=O) groups is 2. The molecule has 2 amide bonds. The third kappa shape index (κ3) is 6.00. The van der Waals surface area contributed by atoms with Gasteiger partial charge in [-0.1, -0.05) is 6.07 Å². The fraction of sp³-hybridized carbons (Fsp3) is 0.391. The smallest absolute Gasteiger partial charge is 0.245 e. The lowest BCUT2D eigenvalue weighted by atomic mass is 10.1. The Morgan fingerprint density at radius 3 is 2.69 bits per heavy atom. The maximum atomic E-state index is 15.0. The highest BCUT2D eigenvalue weighted by molar-refractivity contribution is 7.92. The molecule has 1 saturated carbocycles. The number of halogens is 1.